The van der Waals surface area contributed by atoms with Crippen molar-refractivity contribution < 1.29 is 19.1 Å². The number of halogens is 3. The molecular formula is C18H16Cl3NO4. The molecule has 2 aromatic carbocycles. The highest BCUT2D eigenvalue weighted by Crippen LogP contribution is 2.30. The van der Waals surface area contributed by atoms with E-state index in [2.05, 4.69) is 5.32 Å². The molecule has 0 radical (unpaired) electrons. The topological polar surface area (TPSA) is 64.6 Å². The van der Waals surface area contributed by atoms with Crippen molar-refractivity contribution in [1.82, 2.24) is 0 Å². The van der Waals surface area contributed by atoms with Crippen molar-refractivity contribution >= 4 is 52.4 Å². The Balaban J connectivity index is 2.12. The lowest BCUT2D eigenvalue weighted by molar-refractivity contribution is -0.165. The van der Waals surface area contributed by atoms with Gasteiger partial charge in [-0.3, -0.25) is 4.79 Å². The van der Waals surface area contributed by atoms with Crippen molar-refractivity contribution in [2.45, 2.75) is 12.6 Å². The average molecular weight is 417 g/mol. The predicted octanol–water partition coefficient (Wildman–Crippen LogP) is 4.30. The summed E-state index contributed by atoms with van der Waals surface area (Å²) in [5, 5.41) is 3.26. The number of carbonyl (C=O) groups excluding carboxylic acids is 2. The number of anilines is 1. The molecule has 0 saturated carbocycles. The maximum Gasteiger partial charge on any atom is 0.369 e. The van der Waals surface area contributed by atoms with E-state index in [1.807, 2.05) is 6.07 Å². The van der Waals surface area contributed by atoms with Gasteiger partial charge in [0.05, 0.1) is 28.0 Å². The molecule has 0 fully saturated rings. The van der Waals surface area contributed by atoms with E-state index in [0.29, 0.717) is 0 Å². The lowest BCUT2D eigenvalue weighted by atomic mass is 10.2. The zero-order valence-corrected chi connectivity index (χ0v) is 15.9. The van der Waals surface area contributed by atoms with Gasteiger partial charge < -0.3 is 14.8 Å². The van der Waals surface area contributed by atoms with E-state index in [1.54, 1.807) is 42.5 Å². The standard InChI is InChI=1S/C18H16Cl3NO4/c19-9-10-25-18(24)17(22-16-13(20)7-4-8-14(16)21)26-15(23)11-12-5-2-1-3-6-12/h1-8,17,22H,9-11H2. The lowest BCUT2D eigenvalue weighted by Gasteiger charge is -2.20. The summed E-state index contributed by atoms with van der Waals surface area (Å²) in [6.45, 7) is -0.0228. The van der Waals surface area contributed by atoms with Gasteiger partial charge in [0.15, 0.2) is 0 Å². The normalized spacial score (nSPS) is 11.5. The minimum Gasteiger partial charge on any atom is -0.460 e. The molecule has 0 aliphatic carbocycles. The number of benzene rings is 2. The average Bonchev–Trinajstić information content (AvgIpc) is 2.62. The molecule has 8 heteroatoms. The van der Waals surface area contributed by atoms with Gasteiger partial charge >= 0.3 is 11.9 Å². The summed E-state index contributed by atoms with van der Waals surface area (Å²) in [5.74, 6) is -1.30. The fourth-order valence-corrected chi connectivity index (χ4v) is 2.64. The first-order valence-corrected chi connectivity index (χ1v) is 8.97. The predicted molar refractivity (Wildman–Crippen MR) is 102 cm³/mol. The van der Waals surface area contributed by atoms with Gasteiger partial charge in [0.25, 0.3) is 6.23 Å². The van der Waals surface area contributed by atoms with Crippen LogP contribution in [0.5, 0.6) is 0 Å². The number of carbonyl (C=O) groups is 2. The number of rotatable bonds is 8. The number of para-hydroxylation sites is 1. The number of alkyl halides is 1. The Hall–Kier alpha value is -1.95. The van der Waals surface area contributed by atoms with Gasteiger partial charge in [-0.2, -0.15) is 0 Å². The Morgan fingerprint density at radius 3 is 2.27 bits per heavy atom. The molecule has 0 heterocycles. The molecule has 1 N–H and O–H groups in total. The van der Waals surface area contributed by atoms with Crippen LogP contribution >= 0.6 is 34.8 Å². The molecule has 5 nitrogen and oxygen atoms in total. The molecule has 2 aromatic rings. The summed E-state index contributed by atoms with van der Waals surface area (Å²) in [5.41, 5.74) is 1.01. The maximum atomic E-state index is 12.2. The lowest BCUT2D eigenvalue weighted by Crippen LogP contribution is -2.37. The van der Waals surface area contributed by atoms with Crippen LogP contribution in [-0.2, 0) is 25.5 Å². The Bertz CT molecular complexity index is 735. The third-order valence-corrected chi connectivity index (χ3v) is 4.00. The fourth-order valence-electron chi connectivity index (χ4n) is 2.05. The first-order valence-electron chi connectivity index (χ1n) is 7.68. The van der Waals surface area contributed by atoms with E-state index in [9.17, 15) is 9.59 Å². The van der Waals surface area contributed by atoms with E-state index in [-0.39, 0.29) is 34.6 Å². The third-order valence-electron chi connectivity index (χ3n) is 3.21. The van der Waals surface area contributed by atoms with E-state index in [1.165, 1.54) is 0 Å². The summed E-state index contributed by atoms with van der Waals surface area (Å²) >= 11 is 17.7. The van der Waals surface area contributed by atoms with Crippen molar-refractivity contribution in [1.29, 1.82) is 0 Å². The zero-order valence-electron chi connectivity index (χ0n) is 13.6. The van der Waals surface area contributed by atoms with Crippen molar-refractivity contribution in [3.63, 3.8) is 0 Å². The second-order valence-corrected chi connectivity index (χ2v) is 6.32. The highest BCUT2D eigenvalue weighted by molar-refractivity contribution is 6.39. The first-order chi connectivity index (χ1) is 12.5. The van der Waals surface area contributed by atoms with Crippen molar-refractivity contribution in [3.05, 3.63) is 64.1 Å². The number of nitrogens with one attached hydrogen (secondary N) is 1. The molecule has 1 unspecified atom stereocenters. The maximum absolute atomic E-state index is 12.2. The number of esters is 2. The fraction of sp³-hybridized carbons (Fsp3) is 0.222. The molecule has 0 aliphatic rings. The zero-order chi connectivity index (χ0) is 18.9. The Kier molecular flexibility index (Phi) is 8.04. The van der Waals surface area contributed by atoms with Gasteiger partial charge in [-0.1, -0.05) is 59.6 Å². The van der Waals surface area contributed by atoms with Crippen LogP contribution in [0.4, 0.5) is 5.69 Å². The van der Waals surface area contributed by atoms with E-state index in [4.69, 9.17) is 44.3 Å². The molecular weight excluding hydrogens is 401 g/mol. The van der Waals surface area contributed by atoms with Gasteiger partial charge in [0, 0.05) is 0 Å². The largest absolute Gasteiger partial charge is 0.460 e. The second-order valence-electron chi connectivity index (χ2n) is 5.13. The van der Waals surface area contributed by atoms with Crippen LogP contribution in [0.2, 0.25) is 10.0 Å². The van der Waals surface area contributed by atoms with Crippen LogP contribution < -0.4 is 5.32 Å². The van der Waals surface area contributed by atoms with Crippen molar-refractivity contribution in [2.24, 2.45) is 0 Å². The van der Waals surface area contributed by atoms with Crippen LogP contribution in [0.25, 0.3) is 0 Å². The van der Waals surface area contributed by atoms with Gasteiger partial charge in [0.1, 0.15) is 6.61 Å². The molecule has 1 atom stereocenters. The minimum absolute atomic E-state index is 0.00192. The minimum atomic E-state index is -1.41. The first kappa shape index (κ1) is 20.4. The summed E-state index contributed by atoms with van der Waals surface area (Å²) < 4.78 is 10.2. The molecule has 0 amide bonds. The van der Waals surface area contributed by atoms with Crippen molar-refractivity contribution in [3.8, 4) is 0 Å². The van der Waals surface area contributed by atoms with Gasteiger partial charge in [-0.25, -0.2) is 4.79 Å². The SMILES string of the molecule is O=C(Cc1ccccc1)OC(Nc1c(Cl)cccc1Cl)C(=O)OCCCl. The molecule has 2 rings (SSSR count). The molecule has 26 heavy (non-hydrogen) atoms. The summed E-state index contributed by atoms with van der Waals surface area (Å²) in [6.07, 6.45) is -1.41. The quantitative estimate of drug-likeness (QED) is 0.395. The molecule has 0 bridgehead atoms. The summed E-state index contributed by atoms with van der Waals surface area (Å²) in [6, 6.07) is 13.8. The van der Waals surface area contributed by atoms with Crippen molar-refractivity contribution in [2.75, 3.05) is 17.8 Å². The summed E-state index contributed by atoms with van der Waals surface area (Å²) in [7, 11) is 0. The van der Waals surface area contributed by atoms with Gasteiger partial charge in [0.2, 0.25) is 0 Å². The van der Waals surface area contributed by atoms with Crippen LogP contribution in [0.3, 0.4) is 0 Å². The molecule has 0 aromatic heterocycles. The molecule has 0 aliphatic heterocycles. The molecule has 0 saturated heterocycles. The highest BCUT2D eigenvalue weighted by Gasteiger charge is 2.26. The summed E-state index contributed by atoms with van der Waals surface area (Å²) in [4.78, 5) is 24.4. The highest BCUT2D eigenvalue weighted by atomic mass is 35.5. The number of ether oxygens (including phenoxy) is 2. The van der Waals surface area contributed by atoms with Crippen LogP contribution in [0.15, 0.2) is 48.5 Å². The Labute approximate surface area is 166 Å². The van der Waals surface area contributed by atoms with Crippen LogP contribution in [0, 0.1) is 0 Å². The van der Waals surface area contributed by atoms with Gasteiger partial charge in [-0.05, 0) is 17.7 Å². The van der Waals surface area contributed by atoms with E-state index < -0.39 is 18.2 Å². The third kappa shape index (κ3) is 6.09. The monoisotopic (exact) mass is 415 g/mol. The second kappa shape index (κ2) is 10.3. The van der Waals surface area contributed by atoms with E-state index in [0.717, 1.165) is 5.56 Å². The van der Waals surface area contributed by atoms with Gasteiger partial charge in [-0.15, -0.1) is 11.6 Å². The molecule has 0 spiro atoms. The van der Waals surface area contributed by atoms with E-state index >= 15 is 0 Å². The Morgan fingerprint density at radius 1 is 1.00 bits per heavy atom. The molecule has 138 valence electrons. The van der Waals surface area contributed by atoms with Crippen LogP contribution in [0.1, 0.15) is 5.56 Å². The number of hydrogen-bond donors (Lipinski definition) is 1. The number of hydrogen-bond acceptors (Lipinski definition) is 5. The Morgan fingerprint density at radius 2 is 1.65 bits per heavy atom. The van der Waals surface area contributed by atoms with Crippen LogP contribution in [-0.4, -0.2) is 30.7 Å². The smallest absolute Gasteiger partial charge is 0.369 e.